The molecule has 1 heterocycles. The van der Waals surface area contributed by atoms with Crippen LogP contribution in [0.1, 0.15) is 90.2 Å². The largest absolute Gasteiger partial charge is 0.508 e. The Bertz CT molecular complexity index is 2680. The lowest BCUT2D eigenvalue weighted by Crippen LogP contribution is -2.61. The van der Waals surface area contributed by atoms with Crippen molar-refractivity contribution in [1.29, 1.82) is 0 Å². The molecule has 7 atom stereocenters. The number of amides is 7. The van der Waals surface area contributed by atoms with Crippen molar-refractivity contribution in [3.05, 3.63) is 104 Å². The third kappa shape index (κ3) is 19.2. The summed E-state index contributed by atoms with van der Waals surface area (Å²) in [5.74, 6) is -5.80. The number of benzene rings is 3. The lowest BCUT2D eigenvalue weighted by molar-refractivity contribution is -0.393. The highest BCUT2D eigenvalue weighted by molar-refractivity contribution is 5.97. The average Bonchev–Trinajstić information content (AvgIpc) is 3.81. The first-order valence-corrected chi connectivity index (χ1v) is 25.7. The van der Waals surface area contributed by atoms with Gasteiger partial charge < -0.3 is 64.5 Å². The summed E-state index contributed by atoms with van der Waals surface area (Å²) in [7, 11) is 0. The number of phenols is 1. The van der Waals surface area contributed by atoms with E-state index in [1.807, 2.05) is 25.1 Å². The van der Waals surface area contributed by atoms with Gasteiger partial charge in [0.15, 0.2) is 0 Å². The quantitative estimate of drug-likeness (QED) is 0.0185. The molecular weight excluding hydrogens is 999 g/mol. The van der Waals surface area contributed by atoms with Gasteiger partial charge in [0, 0.05) is 49.1 Å². The predicted octanol–water partition coefficient (Wildman–Crippen LogP) is 2.33. The molecule has 0 aliphatic heterocycles. The monoisotopic (exact) mass is 1070 g/mol. The number of aromatic amines is 1. The van der Waals surface area contributed by atoms with Crippen LogP contribution in [0.3, 0.4) is 0 Å². The van der Waals surface area contributed by atoms with E-state index in [0.717, 1.165) is 23.0 Å². The Kier molecular flexibility index (Phi) is 24.2. The Morgan fingerprint density at radius 2 is 1.32 bits per heavy atom. The molecule has 25 nitrogen and oxygen atoms in total. The summed E-state index contributed by atoms with van der Waals surface area (Å²) in [5, 5.41) is 52.4. The van der Waals surface area contributed by atoms with Crippen molar-refractivity contribution in [1.82, 2.24) is 36.9 Å². The van der Waals surface area contributed by atoms with E-state index in [2.05, 4.69) is 42.2 Å². The number of primary amides is 1. The number of nitrogens with two attached hydrogens (primary N) is 3. The second-order valence-electron chi connectivity index (χ2n) is 19.3. The van der Waals surface area contributed by atoms with Crippen molar-refractivity contribution in [2.24, 2.45) is 29.0 Å². The number of nitrogens with one attached hydrogen (secondary N) is 8. The third-order valence-electron chi connectivity index (χ3n) is 13.0. The van der Waals surface area contributed by atoms with E-state index in [9.17, 15) is 58.9 Å². The molecule has 0 spiro atoms. The number of phenolic OH excluding ortho intramolecular Hbond substituents is 1. The molecule has 3 aromatic carbocycles. The van der Waals surface area contributed by atoms with Gasteiger partial charge in [-0.1, -0.05) is 64.4 Å². The summed E-state index contributed by atoms with van der Waals surface area (Å²) in [6.45, 7) is 7.67. The summed E-state index contributed by atoms with van der Waals surface area (Å²) >= 11 is 0. The van der Waals surface area contributed by atoms with Crippen LogP contribution in [0.5, 0.6) is 5.75 Å². The highest BCUT2D eigenvalue weighted by Crippen LogP contribution is 2.29. The number of nitro benzene ring substituents is 2. The number of unbranched alkanes of at least 4 members (excludes halogenated alkanes) is 2. The lowest BCUT2D eigenvalue weighted by Gasteiger charge is -2.29. The number of para-hydroxylation sites is 1. The minimum absolute atomic E-state index is 0.000115. The zero-order chi connectivity index (χ0) is 56.8. The van der Waals surface area contributed by atoms with E-state index in [-0.39, 0.29) is 69.1 Å². The van der Waals surface area contributed by atoms with Gasteiger partial charge in [0.25, 0.3) is 11.4 Å². The number of carbonyl (C=O) groups excluding carboxylic acids is 7. The molecule has 15 N–H and O–H groups in total. The van der Waals surface area contributed by atoms with Gasteiger partial charge in [0.2, 0.25) is 41.4 Å². The number of rotatable bonds is 33. The van der Waals surface area contributed by atoms with Crippen LogP contribution in [-0.2, 0) is 46.4 Å². The lowest BCUT2D eigenvalue weighted by atomic mass is 9.96. The fourth-order valence-corrected chi connectivity index (χ4v) is 8.32. The van der Waals surface area contributed by atoms with Crippen molar-refractivity contribution >= 4 is 69.3 Å². The molecule has 0 aliphatic carbocycles. The maximum Gasteiger partial charge on any atom is 0.299 e. The number of non-ortho nitro benzene ring substituents is 1. The third-order valence-corrected chi connectivity index (χ3v) is 13.0. The highest BCUT2D eigenvalue weighted by Gasteiger charge is 2.35. The topological polar surface area (TPSA) is 404 Å². The number of nitrogens with zero attached hydrogens (tertiary/aromatic N) is 2. The van der Waals surface area contributed by atoms with Gasteiger partial charge in [-0.25, -0.2) is 0 Å². The molecule has 0 bridgehead atoms. The fraction of sp³-hybridized carbons (Fsp3) is 0.481. The van der Waals surface area contributed by atoms with Gasteiger partial charge in [-0.15, -0.1) is 0 Å². The van der Waals surface area contributed by atoms with Gasteiger partial charge in [0.05, 0.1) is 22.0 Å². The van der Waals surface area contributed by atoms with Crippen LogP contribution in [0.25, 0.3) is 10.9 Å². The van der Waals surface area contributed by atoms with E-state index in [4.69, 9.17) is 17.2 Å². The predicted molar refractivity (Wildman–Crippen MR) is 288 cm³/mol. The van der Waals surface area contributed by atoms with Crippen LogP contribution in [0.2, 0.25) is 0 Å². The molecule has 0 fully saturated rings. The zero-order valence-electron chi connectivity index (χ0n) is 43.8. The van der Waals surface area contributed by atoms with E-state index in [1.165, 1.54) is 18.2 Å². The van der Waals surface area contributed by atoms with Crippen molar-refractivity contribution in [2.45, 2.75) is 128 Å². The van der Waals surface area contributed by atoms with Crippen LogP contribution >= 0.6 is 0 Å². The molecule has 7 amide bonds. The van der Waals surface area contributed by atoms with Crippen LogP contribution in [0.15, 0.2) is 72.9 Å². The molecule has 0 radical (unpaired) electrons. The zero-order valence-corrected chi connectivity index (χ0v) is 43.8. The van der Waals surface area contributed by atoms with Gasteiger partial charge in [-0.2, -0.15) is 0 Å². The minimum Gasteiger partial charge on any atom is -0.508 e. The summed E-state index contributed by atoms with van der Waals surface area (Å²) in [5.41, 5.74) is 18.9. The molecule has 1 aromatic heterocycles. The number of nitro groups is 2. The van der Waals surface area contributed by atoms with Crippen molar-refractivity contribution in [2.75, 3.05) is 25.0 Å². The normalized spacial score (nSPS) is 13.9. The molecule has 418 valence electrons. The molecule has 0 saturated carbocycles. The first-order valence-electron chi connectivity index (χ1n) is 25.7. The number of anilines is 1. The van der Waals surface area contributed by atoms with E-state index in [0.29, 0.717) is 43.2 Å². The van der Waals surface area contributed by atoms with E-state index < -0.39 is 105 Å². The Morgan fingerprint density at radius 3 is 1.97 bits per heavy atom. The van der Waals surface area contributed by atoms with Crippen LogP contribution in [-0.4, -0.2) is 117 Å². The number of carbonyl (C=O) groups is 7. The molecule has 0 aliphatic rings. The first-order chi connectivity index (χ1) is 36.6. The average molecular weight is 1070 g/mol. The second-order valence-corrected chi connectivity index (χ2v) is 19.3. The SMILES string of the molecule is CCC(C)[C@H](NC(=O)[C@@H](NC(=O)[C@H](CCCCN)NC(=O)[C@H](Cc1c[nH]c2ccccc12)NC(=O)[C@H](CCC(=O)NCCCCNc1ccc([N+](=O)[O-])cc1[N+](=O)[O-])NC(=O)[C@@H](N)Cc1ccc(O)cc1)C(C)C)C(N)=O. The van der Waals surface area contributed by atoms with Crippen molar-refractivity contribution in [3.8, 4) is 5.75 Å². The Hall–Kier alpha value is -8.19. The van der Waals surface area contributed by atoms with Gasteiger partial charge in [-0.3, -0.25) is 53.8 Å². The van der Waals surface area contributed by atoms with Crippen LogP contribution in [0.4, 0.5) is 17.1 Å². The van der Waals surface area contributed by atoms with Gasteiger partial charge in [0.1, 0.15) is 41.6 Å². The van der Waals surface area contributed by atoms with Crippen molar-refractivity contribution < 1.29 is 48.5 Å². The van der Waals surface area contributed by atoms with Crippen molar-refractivity contribution in [3.63, 3.8) is 0 Å². The number of hydrogen-bond acceptors (Lipinski definition) is 15. The summed E-state index contributed by atoms with van der Waals surface area (Å²) < 4.78 is 0. The number of aromatic nitrogens is 1. The molecular formula is C52H73N13O12. The van der Waals surface area contributed by atoms with Crippen LogP contribution < -0.4 is 54.4 Å². The smallest absolute Gasteiger partial charge is 0.299 e. The Morgan fingerprint density at radius 1 is 0.701 bits per heavy atom. The standard InChI is InChI=1S/C52H73N13O12/c1-5-31(4)46(47(55)68)63-52(73)45(30(2)3)62-50(71)40(14-8-9-23-53)60-51(72)42(27-33-29-58-38-13-7-6-12-36(33)38)61-49(70)41(59-48(69)37(54)26-32-15-18-35(66)19-16-32)21-22-44(67)57-25-11-10-24-56-39-20-17-34(64(74)75)28-43(39)65(76)77/h6-7,12-13,15-20,28-31,37,40-42,45-46,56,58,66H,5,8-11,14,21-27,53-54H2,1-4H3,(H2,55,68)(H,57,67)(H,59,69)(H,60,72)(H,61,70)(H,62,71)(H,63,73)/t31?,37-,40-,41-,42-,45-,46-/m0/s1. The molecule has 1 unspecified atom stereocenters. The van der Waals surface area contributed by atoms with E-state index in [1.54, 1.807) is 45.2 Å². The number of hydrogen-bond donors (Lipinski definition) is 12. The van der Waals surface area contributed by atoms with Crippen LogP contribution in [0, 0.1) is 32.1 Å². The van der Waals surface area contributed by atoms with Gasteiger partial charge >= 0.3 is 0 Å². The fourth-order valence-electron chi connectivity index (χ4n) is 8.32. The summed E-state index contributed by atoms with van der Waals surface area (Å²) in [6, 6.07) is 9.07. The number of fused-ring (bicyclic) bond motifs is 1. The maximum atomic E-state index is 14.7. The molecule has 4 rings (SSSR count). The number of aromatic hydroxyl groups is 1. The minimum atomic E-state index is -1.44. The second kappa shape index (κ2) is 30.4. The van der Waals surface area contributed by atoms with Gasteiger partial charge in [-0.05, 0) is 98.7 Å². The summed E-state index contributed by atoms with van der Waals surface area (Å²) in [4.78, 5) is 121. The number of H-pyrrole nitrogens is 1. The summed E-state index contributed by atoms with van der Waals surface area (Å²) in [6.07, 6.45) is 3.32. The Labute approximate surface area is 445 Å². The molecule has 77 heavy (non-hydrogen) atoms. The highest BCUT2D eigenvalue weighted by atomic mass is 16.6. The maximum absolute atomic E-state index is 14.7. The van der Waals surface area contributed by atoms with E-state index >= 15 is 0 Å². The molecule has 4 aromatic rings. The first kappa shape index (κ1) is 61.4. The molecule has 25 heteroatoms. The Balaban J connectivity index is 1.56. The molecule has 0 saturated heterocycles.